The van der Waals surface area contributed by atoms with Crippen LogP contribution in [0.3, 0.4) is 0 Å². The number of nitriles is 1. The average Bonchev–Trinajstić information content (AvgIpc) is 3.13. The van der Waals surface area contributed by atoms with Crippen LogP contribution in [0, 0.1) is 67.5 Å². The molecule has 0 amide bonds. The molecule has 0 atom stereocenters. The molecule has 3 nitrogen and oxygen atoms in total. The zero-order chi connectivity index (χ0) is 36.2. The number of aryl methyl sites for hydroxylation is 2. The summed E-state index contributed by atoms with van der Waals surface area (Å²) in [6.07, 6.45) is 18.2. The predicted molar refractivity (Wildman–Crippen MR) is 229 cm³/mol. The summed E-state index contributed by atoms with van der Waals surface area (Å²) in [5, 5.41) is 8.72. The van der Waals surface area contributed by atoms with Gasteiger partial charge in [-0.25, -0.2) is 9.18 Å². The molecule has 278 valence electrons. The highest BCUT2D eigenvalue weighted by molar-refractivity contribution is 15.0. The zero-order valence-electron chi connectivity index (χ0n) is 30.8. The molecule has 0 aromatic heterocycles. The van der Waals surface area contributed by atoms with Gasteiger partial charge in [-0.15, -0.1) is 0 Å². The van der Waals surface area contributed by atoms with Crippen molar-refractivity contribution in [3.63, 3.8) is 0 Å². The van der Waals surface area contributed by atoms with Gasteiger partial charge in [-0.2, -0.15) is 5.26 Å². The van der Waals surface area contributed by atoms with Crippen LogP contribution in [0.15, 0.2) is 54.6 Å². The molecule has 0 aliphatic heterocycles. The fourth-order valence-electron chi connectivity index (χ4n) is 8.50. The number of ether oxygens (including phenoxy) is 1. The van der Waals surface area contributed by atoms with Gasteiger partial charge in [0.25, 0.3) is 0 Å². The van der Waals surface area contributed by atoms with Crippen molar-refractivity contribution in [2.75, 3.05) is 0 Å². The Morgan fingerprint density at radius 1 is 0.765 bits per heavy atom. The lowest BCUT2D eigenvalue weighted by atomic mass is 9.69. The maximum atomic E-state index is 13.6. The molecule has 51 heavy (non-hydrogen) atoms. The lowest BCUT2D eigenvalue weighted by Crippen LogP contribution is -2.25. The Hall–Kier alpha value is -1.99. The predicted octanol–water partition coefficient (Wildman–Crippen LogP) is 14.4. The first-order valence-corrected chi connectivity index (χ1v) is 25.1. The van der Waals surface area contributed by atoms with Crippen LogP contribution >= 0.6 is 37.2 Å². The van der Waals surface area contributed by atoms with Crippen LogP contribution in [-0.2, 0) is 6.42 Å². The molecule has 0 saturated heterocycles. The molecule has 0 heterocycles. The molecule has 0 spiro atoms. The topological polar surface area (TPSA) is 50.1 Å². The number of hydrogen-bond acceptors (Lipinski definition) is 3. The van der Waals surface area contributed by atoms with Crippen molar-refractivity contribution in [1.29, 1.82) is 5.26 Å². The van der Waals surface area contributed by atoms with Crippen LogP contribution in [0.5, 0.6) is 5.75 Å². The highest BCUT2D eigenvalue weighted by Gasteiger charge is 2.30. The Morgan fingerprint density at radius 3 is 1.78 bits per heavy atom. The highest BCUT2D eigenvalue weighted by Crippen LogP contribution is 2.42. The van der Waals surface area contributed by atoms with Gasteiger partial charge in [-0.05, 0) is 166 Å². The number of esters is 1. The minimum Gasteiger partial charge on any atom is -0.423 e. The second-order valence-corrected chi connectivity index (χ2v) is 15.6. The number of carbonyl (C=O) groups is 1. The number of benzene rings is 3. The average molecular weight is 920 g/mol. The number of nitrogens with zero attached hydrogens (tertiary/aromatic N) is 1. The molecule has 3 aliphatic rings. The highest BCUT2D eigenvalue weighted by atomic mass is 128. The summed E-state index contributed by atoms with van der Waals surface area (Å²) in [5.41, 5.74) is 7.62. The summed E-state index contributed by atoms with van der Waals surface area (Å²) < 4.78 is 18.8. The normalized spacial score (nSPS) is 24.3. The lowest BCUT2D eigenvalue weighted by Gasteiger charge is -2.37. The van der Waals surface area contributed by atoms with Crippen LogP contribution in [0.1, 0.15) is 148 Å². The molecule has 3 aromatic carbocycles. The third-order valence-electron chi connectivity index (χ3n) is 12.0. The van der Waals surface area contributed by atoms with Gasteiger partial charge in [-0.1, -0.05) is 71.2 Å². The van der Waals surface area contributed by atoms with E-state index in [1.165, 1.54) is 118 Å². The Balaban J connectivity index is 0.000000259. The first-order valence-electron chi connectivity index (χ1n) is 18.8. The van der Waals surface area contributed by atoms with Crippen LogP contribution in [0.4, 0.5) is 4.39 Å². The summed E-state index contributed by atoms with van der Waals surface area (Å²) in [4.78, 5) is 12.2. The Labute approximate surface area is 332 Å². The third kappa shape index (κ3) is 12.8. The van der Waals surface area contributed by atoms with Gasteiger partial charge in [0.15, 0.2) is 0 Å². The molecule has 3 saturated carbocycles. The number of rotatable bonds is 6. The van der Waals surface area contributed by atoms with Gasteiger partial charge in [-0.3, -0.25) is 0 Å². The van der Waals surface area contributed by atoms with E-state index in [0.717, 1.165) is 35.7 Å². The molecular weight excluding hydrogens is 859 g/mol. The van der Waals surface area contributed by atoms with Gasteiger partial charge in [0, 0.05) is 43.3 Å². The van der Waals surface area contributed by atoms with Crippen molar-refractivity contribution in [3.05, 3.63) is 99.4 Å². The quantitative estimate of drug-likeness (QED) is 0.141. The number of hydrogen-bond donors (Lipinski definition) is 0. The first-order chi connectivity index (χ1) is 24.1. The van der Waals surface area contributed by atoms with Crippen LogP contribution in [0.25, 0.3) is 0 Å². The van der Waals surface area contributed by atoms with Gasteiger partial charge < -0.3 is 4.74 Å². The maximum Gasteiger partial charge on any atom is 0.343 e. The fourth-order valence-corrected chi connectivity index (χ4v) is 8.50. The SMILES string of the molecule is C.CC1CCC(c2ccc(C(=O)Oc3ccc(C#N)c(F)c3)cc2)CC1.Cc1cc(CC2CCC(C3CCC(C)CC3)CC2)cc(C)c1C.II. The fraction of sp³-hybridized carbons (Fsp3) is 0.556. The van der Waals surface area contributed by atoms with E-state index in [9.17, 15) is 9.18 Å². The maximum absolute atomic E-state index is 13.6. The second-order valence-electron chi connectivity index (χ2n) is 15.6. The first kappa shape index (κ1) is 43.4. The van der Waals surface area contributed by atoms with E-state index in [-0.39, 0.29) is 18.7 Å². The zero-order valence-corrected chi connectivity index (χ0v) is 35.1. The molecule has 3 aliphatic carbocycles. The largest absolute Gasteiger partial charge is 0.423 e. The third-order valence-corrected chi connectivity index (χ3v) is 12.0. The Kier molecular flexibility index (Phi) is 18.4. The molecule has 6 rings (SSSR count). The summed E-state index contributed by atoms with van der Waals surface area (Å²) in [5.74, 6) is 4.28. The molecule has 3 fully saturated rings. The molecular formula is C45H60FI2NO2. The van der Waals surface area contributed by atoms with E-state index >= 15 is 0 Å². The standard InChI is InChI=1S/C23H36.C21H20FNO2.CH4.I2/c1-16-5-9-22(10-6-16)23-11-7-20(8-12-23)15-21-13-17(2)19(4)18(3)14-21;1-14-2-4-15(5-3-14)16-6-8-17(9-7-16)21(24)25-19-11-10-18(13-23)20(22)12-19;;1-2/h13-14,16,20,22-23H,5-12,15H2,1-4H3;6-12,14-15H,2-5H2,1H3;1H4;. The minimum atomic E-state index is -0.699. The molecule has 0 radical (unpaired) electrons. The molecule has 0 N–H and O–H groups in total. The summed E-state index contributed by atoms with van der Waals surface area (Å²) in [6, 6.07) is 17.9. The van der Waals surface area contributed by atoms with Crippen molar-refractivity contribution in [3.8, 4) is 11.8 Å². The lowest BCUT2D eigenvalue weighted by molar-refractivity contribution is 0.0734. The van der Waals surface area contributed by atoms with Gasteiger partial charge in [0.2, 0.25) is 0 Å². The Morgan fingerprint density at radius 2 is 1.27 bits per heavy atom. The van der Waals surface area contributed by atoms with Gasteiger partial charge >= 0.3 is 5.97 Å². The van der Waals surface area contributed by atoms with Crippen LogP contribution in [-0.4, -0.2) is 5.97 Å². The van der Waals surface area contributed by atoms with Crippen molar-refractivity contribution in [2.24, 2.45) is 29.6 Å². The molecule has 0 bridgehead atoms. The Bertz CT molecular complexity index is 1530. The van der Waals surface area contributed by atoms with Crippen molar-refractivity contribution < 1.29 is 13.9 Å². The summed E-state index contributed by atoms with van der Waals surface area (Å²) in [7, 11) is 0. The number of halogens is 3. The van der Waals surface area contributed by atoms with Crippen molar-refractivity contribution >= 4 is 43.2 Å². The van der Waals surface area contributed by atoms with Gasteiger partial charge in [0.05, 0.1) is 11.1 Å². The molecule has 3 aromatic rings. The van der Waals surface area contributed by atoms with Crippen molar-refractivity contribution in [2.45, 2.75) is 131 Å². The van der Waals surface area contributed by atoms with E-state index in [2.05, 4.69) is 84.0 Å². The minimum absolute atomic E-state index is 0. The van der Waals surface area contributed by atoms with Gasteiger partial charge in [0.1, 0.15) is 17.6 Å². The van der Waals surface area contributed by atoms with E-state index < -0.39 is 11.8 Å². The van der Waals surface area contributed by atoms with E-state index in [0.29, 0.717) is 11.5 Å². The monoisotopic (exact) mass is 919 g/mol. The molecule has 6 heteroatoms. The second kappa shape index (κ2) is 21.6. The summed E-state index contributed by atoms with van der Waals surface area (Å²) in [6.45, 7) is 11.5. The van der Waals surface area contributed by atoms with E-state index in [4.69, 9.17) is 10.00 Å². The molecule has 0 unspecified atom stereocenters. The van der Waals surface area contributed by atoms with E-state index in [1.807, 2.05) is 12.1 Å². The summed E-state index contributed by atoms with van der Waals surface area (Å²) >= 11 is 4.24. The number of carbonyl (C=O) groups excluding carboxylic acids is 1. The van der Waals surface area contributed by atoms with Crippen LogP contribution in [0.2, 0.25) is 0 Å². The van der Waals surface area contributed by atoms with Crippen molar-refractivity contribution in [1.82, 2.24) is 0 Å². The smallest absolute Gasteiger partial charge is 0.343 e. The van der Waals surface area contributed by atoms with E-state index in [1.54, 1.807) is 23.8 Å². The van der Waals surface area contributed by atoms with Crippen LogP contribution < -0.4 is 4.74 Å².